The Balaban J connectivity index is 2.09. The number of carbonyl (C=O) groups excluding carboxylic acids is 1. The summed E-state index contributed by atoms with van der Waals surface area (Å²) in [5.74, 6) is -0.0990. The van der Waals surface area contributed by atoms with Crippen LogP contribution in [-0.2, 0) is 4.79 Å². The predicted molar refractivity (Wildman–Crippen MR) is 81.7 cm³/mol. The topological polar surface area (TPSA) is 63.5 Å². The van der Waals surface area contributed by atoms with Crippen LogP contribution in [-0.4, -0.2) is 28.8 Å². The van der Waals surface area contributed by atoms with Gasteiger partial charge in [0.05, 0.1) is 4.92 Å². The first-order chi connectivity index (χ1) is 10.0. The molecule has 0 radical (unpaired) electrons. The van der Waals surface area contributed by atoms with Crippen LogP contribution in [0.25, 0.3) is 5.57 Å². The zero-order valence-electron chi connectivity index (χ0n) is 11.9. The van der Waals surface area contributed by atoms with Gasteiger partial charge in [0.2, 0.25) is 0 Å². The van der Waals surface area contributed by atoms with Gasteiger partial charge in [0.25, 0.3) is 11.6 Å². The molecular weight excluding hydrogens is 268 g/mol. The van der Waals surface area contributed by atoms with E-state index in [1.54, 1.807) is 17.0 Å². The van der Waals surface area contributed by atoms with Crippen LogP contribution in [0.5, 0.6) is 0 Å². The maximum atomic E-state index is 12.3. The molecule has 1 saturated heterocycles. The molecule has 1 aromatic carbocycles. The smallest absolute Gasteiger partial charge is 0.269 e. The summed E-state index contributed by atoms with van der Waals surface area (Å²) in [6, 6.07) is 5.99. The summed E-state index contributed by atoms with van der Waals surface area (Å²) in [4.78, 5) is 24.3. The van der Waals surface area contributed by atoms with Gasteiger partial charge in [0.1, 0.15) is 0 Å². The number of hydrogen-bond acceptors (Lipinski definition) is 3. The molecule has 1 fully saturated rings. The summed E-state index contributed by atoms with van der Waals surface area (Å²) in [6.07, 6.45) is 3.19. The molecule has 0 aromatic heterocycles. The summed E-state index contributed by atoms with van der Waals surface area (Å²) in [6.45, 7) is 9.25. The van der Waals surface area contributed by atoms with Crippen LogP contribution in [0.4, 0.5) is 5.69 Å². The first-order valence-corrected chi connectivity index (χ1v) is 6.93. The van der Waals surface area contributed by atoms with Crippen LogP contribution in [0.3, 0.4) is 0 Å². The molecule has 0 unspecified atom stereocenters. The summed E-state index contributed by atoms with van der Waals surface area (Å²) in [5, 5.41) is 10.6. The minimum Gasteiger partial charge on any atom is -0.339 e. The Kier molecular flexibility index (Phi) is 4.52. The van der Waals surface area contributed by atoms with Gasteiger partial charge in [-0.3, -0.25) is 14.9 Å². The zero-order valence-corrected chi connectivity index (χ0v) is 11.9. The number of benzene rings is 1. The molecule has 0 bridgehead atoms. The van der Waals surface area contributed by atoms with Gasteiger partial charge in [-0.2, -0.15) is 0 Å². The Morgan fingerprint density at radius 1 is 1.10 bits per heavy atom. The second-order valence-electron chi connectivity index (χ2n) is 5.11. The minimum absolute atomic E-state index is 0.0134. The molecule has 5 heteroatoms. The standard InChI is InChI=1S/C16H18N2O3/c1-12(14-6-8-15(9-7-14)18(20)21)13(2)16(19)17-10-4-3-5-11-17/h6-9H,1-5,10-11H2. The van der Waals surface area contributed by atoms with Crippen LogP contribution in [0.15, 0.2) is 43.0 Å². The van der Waals surface area contributed by atoms with E-state index in [4.69, 9.17) is 0 Å². The fraction of sp³-hybridized carbons (Fsp3) is 0.312. The molecule has 21 heavy (non-hydrogen) atoms. The van der Waals surface area contributed by atoms with Crippen molar-refractivity contribution in [2.75, 3.05) is 13.1 Å². The SMILES string of the molecule is C=C(C(=C)c1ccc([N+](=O)[O-])cc1)C(=O)N1CCCCC1. The van der Waals surface area contributed by atoms with Crippen molar-refractivity contribution >= 4 is 17.2 Å². The van der Waals surface area contributed by atoms with Gasteiger partial charge >= 0.3 is 0 Å². The Labute approximate surface area is 123 Å². The fourth-order valence-electron chi connectivity index (χ4n) is 2.38. The van der Waals surface area contributed by atoms with E-state index in [1.165, 1.54) is 12.1 Å². The lowest BCUT2D eigenvalue weighted by molar-refractivity contribution is -0.384. The second-order valence-corrected chi connectivity index (χ2v) is 5.11. The lowest BCUT2D eigenvalue weighted by Crippen LogP contribution is -2.36. The van der Waals surface area contributed by atoms with E-state index in [-0.39, 0.29) is 11.6 Å². The van der Waals surface area contributed by atoms with E-state index in [2.05, 4.69) is 13.2 Å². The molecule has 0 aliphatic carbocycles. The quantitative estimate of drug-likeness (QED) is 0.369. The summed E-state index contributed by atoms with van der Waals surface area (Å²) in [7, 11) is 0. The highest BCUT2D eigenvalue weighted by atomic mass is 16.6. The van der Waals surface area contributed by atoms with Gasteiger partial charge in [-0.15, -0.1) is 0 Å². The van der Waals surface area contributed by atoms with Crippen molar-refractivity contribution in [2.24, 2.45) is 0 Å². The molecule has 1 aromatic rings. The lowest BCUT2D eigenvalue weighted by atomic mass is 9.98. The number of non-ortho nitro benzene ring substituents is 1. The van der Waals surface area contributed by atoms with E-state index in [1.807, 2.05) is 0 Å². The van der Waals surface area contributed by atoms with E-state index in [9.17, 15) is 14.9 Å². The largest absolute Gasteiger partial charge is 0.339 e. The highest BCUT2D eigenvalue weighted by Gasteiger charge is 2.21. The second kappa shape index (κ2) is 6.35. The fourth-order valence-corrected chi connectivity index (χ4v) is 2.38. The van der Waals surface area contributed by atoms with Crippen molar-refractivity contribution in [3.63, 3.8) is 0 Å². The lowest BCUT2D eigenvalue weighted by Gasteiger charge is -2.27. The van der Waals surface area contributed by atoms with Gasteiger partial charge in [-0.1, -0.05) is 13.2 Å². The van der Waals surface area contributed by atoms with Crippen LogP contribution < -0.4 is 0 Å². The predicted octanol–water partition coefficient (Wildman–Crippen LogP) is 3.18. The summed E-state index contributed by atoms with van der Waals surface area (Å²) in [5.41, 5.74) is 1.56. The van der Waals surface area contributed by atoms with E-state index >= 15 is 0 Å². The summed E-state index contributed by atoms with van der Waals surface area (Å²) >= 11 is 0. The van der Waals surface area contributed by atoms with Crippen LogP contribution in [0.1, 0.15) is 24.8 Å². The molecule has 110 valence electrons. The monoisotopic (exact) mass is 286 g/mol. The molecule has 0 saturated carbocycles. The van der Waals surface area contributed by atoms with Gasteiger partial charge in [-0.05, 0) is 42.5 Å². The van der Waals surface area contributed by atoms with E-state index in [0.717, 1.165) is 32.4 Å². The Morgan fingerprint density at radius 3 is 2.19 bits per heavy atom. The highest BCUT2D eigenvalue weighted by Crippen LogP contribution is 2.24. The molecule has 1 aliphatic rings. The molecule has 1 heterocycles. The summed E-state index contributed by atoms with van der Waals surface area (Å²) < 4.78 is 0. The molecular formula is C16H18N2O3. The Hall–Kier alpha value is -2.43. The van der Waals surface area contributed by atoms with Crippen molar-refractivity contribution in [2.45, 2.75) is 19.3 Å². The number of nitro groups is 1. The third-order valence-corrected chi connectivity index (χ3v) is 3.69. The molecule has 0 N–H and O–H groups in total. The number of rotatable bonds is 4. The Bertz CT molecular complexity index is 584. The number of hydrogen-bond donors (Lipinski definition) is 0. The Morgan fingerprint density at radius 2 is 1.67 bits per heavy atom. The van der Waals surface area contributed by atoms with Crippen molar-refractivity contribution in [3.05, 3.63) is 58.7 Å². The number of amides is 1. The van der Waals surface area contributed by atoms with Gasteiger partial charge < -0.3 is 4.90 Å². The third kappa shape index (κ3) is 3.37. The average molecular weight is 286 g/mol. The maximum absolute atomic E-state index is 12.3. The van der Waals surface area contributed by atoms with Gasteiger partial charge in [0, 0.05) is 30.8 Å². The average Bonchev–Trinajstić information content (AvgIpc) is 2.53. The van der Waals surface area contributed by atoms with Crippen molar-refractivity contribution in [3.8, 4) is 0 Å². The molecule has 0 atom stereocenters. The van der Waals surface area contributed by atoms with Crippen molar-refractivity contribution in [1.29, 1.82) is 0 Å². The van der Waals surface area contributed by atoms with Crippen LogP contribution in [0, 0.1) is 10.1 Å². The molecule has 1 aliphatic heterocycles. The number of piperidine rings is 1. The van der Waals surface area contributed by atoms with Gasteiger partial charge in [0.15, 0.2) is 0 Å². The maximum Gasteiger partial charge on any atom is 0.269 e. The number of nitrogens with zero attached hydrogens (tertiary/aromatic N) is 2. The molecule has 5 nitrogen and oxygen atoms in total. The molecule has 0 spiro atoms. The number of carbonyl (C=O) groups is 1. The number of likely N-dealkylation sites (tertiary alicyclic amines) is 1. The minimum atomic E-state index is -0.458. The van der Waals surface area contributed by atoms with Crippen molar-refractivity contribution < 1.29 is 9.72 Å². The van der Waals surface area contributed by atoms with E-state index in [0.29, 0.717) is 16.7 Å². The highest BCUT2D eigenvalue weighted by molar-refractivity contribution is 6.08. The zero-order chi connectivity index (χ0) is 15.4. The first-order valence-electron chi connectivity index (χ1n) is 6.93. The van der Waals surface area contributed by atoms with Crippen LogP contribution >= 0.6 is 0 Å². The van der Waals surface area contributed by atoms with Crippen LogP contribution in [0.2, 0.25) is 0 Å². The number of nitro benzene ring substituents is 1. The molecule has 2 rings (SSSR count). The van der Waals surface area contributed by atoms with Crippen molar-refractivity contribution in [1.82, 2.24) is 4.90 Å². The first kappa shape index (κ1) is 15.0. The van der Waals surface area contributed by atoms with Gasteiger partial charge in [-0.25, -0.2) is 0 Å². The molecule has 1 amide bonds. The van der Waals surface area contributed by atoms with E-state index < -0.39 is 4.92 Å². The normalized spacial score (nSPS) is 14.6. The third-order valence-electron chi connectivity index (χ3n) is 3.69.